The molecular weight excluding hydrogens is 426 g/mol. The first kappa shape index (κ1) is 27.1. The highest BCUT2D eigenvalue weighted by atomic mass is 16.7. The maximum atomic E-state index is 12.4. The minimum absolute atomic E-state index is 0.0515. The predicted molar refractivity (Wildman–Crippen MR) is 125 cm³/mol. The van der Waals surface area contributed by atoms with Gasteiger partial charge in [0.2, 0.25) is 0 Å². The number of carbonyl (C=O) groups is 1. The Morgan fingerprint density at radius 1 is 1.18 bits per heavy atom. The Labute approximate surface area is 197 Å². The highest BCUT2D eigenvalue weighted by Crippen LogP contribution is 2.31. The second-order valence-corrected chi connectivity index (χ2v) is 9.13. The highest BCUT2D eigenvalue weighted by molar-refractivity contribution is 5.68. The number of methoxy groups -OCH3 is 2. The van der Waals surface area contributed by atoms with Crippen molar-refractivity contribution in [2.45, 2.75) is 64.4 Å². The fraction of sp³-hybridized carbons (Fsp3) is 0.640. The first-order valence-corrected chi connectivity index (χ1v) is 11.4. The number of hydrogen-bond donors (Lipinski definition) is 2. The summed E-state index contributed by atoms with van der Waals surface area (Å²) in [5.41, 5.74) is 1.30. The second-order valence-electron chi connectivity index (χ2n) is 9.13. The normalized spacial score (nSPS) is 20.8. The number of benzene rings is 1. The van der Waals surface area contributed by atoms with Crippen LogP contribution in [0.3, 0.4) is 0 Å². The molecule has 33 heavy (non-hydrogen) atoms. The lowest BCUT2D eigenvalue weighted by molar-refractivity contribution is -0.0889. The molecule has 0 saturated heterocycles. The lowest BCUT2D eigenvalue weighted by Crippen LogP contribution is -2.49. The van der Waals surface area contributed by atoms with Crippen LogP contribution in [-0.2, 0) is 25.6 Å². The van der Waals surface area contributed by atoms with Crippen LogP contribution in [0.15, 0.2) is 35.9 Å². The minimum atomic E-state index is -0.582. The van der Waals surface area contributed by atoms with Crippen molar-refractivity contribution in [3.8, 4) is 5.75 Å². The largest absolute Gasteiger partial charge is 0.497 e. The molecule has 0 spiro atoms. The van der Waals surface area contributed by atoms with Gasteiger partial charge in [-0.05, 0) is 63.3 Å². The first-order valence-electron chi connectivity index (χ1n) is 11.4. The standard InChI is InChI=1S/C25H39NO7/c1-25(2,3)33-24(28)26-22-13-10-19(15-27)23(32-17-29-4)21(22)7-6-14-31-16-18-8-11-20(30-5)12-9-18/h8-12,21-23,27H,6-7,13-17H2,1-5H3,(H,26,28)/t21-,22+,23-/m0/s1. The van der Waals surface area contributed by atoms with E-state index in [1.165, 1.54) is 0 Å². The molecule has 0 unspecified atom stereocenters. The Bertz CT molecular complexity index is 742. The molecule has 0 bridgehead atoms. The van der Waals surface area contributed by atoms with Crippen molar-refractivity contribution in [3.05, 3.63) is 41.5 Å². The summed E-state index contributed by atoms with van der Waals surface area (Å²) < 4.78 is 27.5. The summed E-state index contributed by atoms with van der Waals surface area (Å²) in [4.78, 5) is 12.4. The summed E-state index contributed by atoms with van der Waals surface area (Å²) in [6.45, 7) is 6.58. The number of aliphatic hydroxyl groups is 1. The van der Waals surface area contributed by atoms with Crippen molar-refractivity contribution in [2.24, 2.45) is 5.92 Å². The predicted octanol–water partition coefficient (Wildman–Crippen LogP) is 3.81. The molecule has 8 heteroatoms. The molecule has 1 aromatic rings. The third kappa shape index (κ3) is 9.33. The van der Waals surface area contributed by atoms with Crippen LogP contribution in [-0.4, -0.2) is 63.2 Å². The van der Waals surface area contributed by atoms with Gasteiger partial charge in [0, 0.05) is 25.7 Å². The number of ether oxygens (including phenoxy) is 5. The molecule has 2 rings (SSSR count). The Morgan fingerprint density at radius 2 is 1.91 bits per heavy atom. The average molecular weight is 466 g/mol. The summed E-state index contributed by atoms with van der Waals surface area (Å²) in [5, 5.41) is 12.8. The molecule has 1 aliphatic carbocycles. The molecule has 0 heterocycles. The zero-order chi connectivity index (χ0) is 24.3. The van der Waals surface area contributed by atoms with Gasteiger partial charge in [0.05, 0.1) is 26.4 Å². The van der Waals surface area contributed by atoms with Gasteiger partial charge in [0.15, 0.2) is 0 Å². The van der Waals surface area contributed by atoms with Gasteiger partial charge >= 0.3 is 6.09 Å². The molecule has 3 atom stereocenters. The number of amides is 1. The molecule has 0 aliphatic heterocycles. The quantitative estimate of drug-likeness (QED) is 0.275. The molecule has 0 fully saturated rings. The molecule has 1 amide bonds. The van der Waals surface area contributed by atoms with E-state index in [-0.39, 0.29) is 31.5 Å². The van der Waals surface area contributed by atoms with Gasteiger partial charge in [-0.15, -0.1) is 0 Å². The number of alkyl carbamates (subject to hydrolysis) is 1. The summed E-state index contributed by atoms with van der Waals surface area (Å²) >= 11 is 0. The Hall–Kier alpha value is -2.13. The molecule has 1 aromatic carbocycles. The molecule has 0 saturated carbocycles. The Morgan fingerprint density at radius 3 is 2.52 bits per heavy atom. The van der Waals surface area contributed by atoms with Crippen LogP contribution in [0.2, 0.25) is 0 Å². The van der Waals surface area contributed by atoms with E-state index < -0.39 is 11.7 Å². The second kappa shape index (κ2) is 13.5. The van der Waals surface area contributed by atoms with Gasteiger partial charge < -0.3 is 34.1 Å². The van der Waals surface area contributed by atoms with E-state index in [4.69, 9.17) is 23.7 Å². The molecule has 186 valence electrons. The van der Waals surface area contributed by atoms with Gasteiger partial charge in [-0.2, -0.15) is 0 Å². The van der Waals surface area contributed by atoms with Crippen LogP contribution >= 0.6 is 0 Å². The Balaban J connectivity index is 1.97. The molecular formula is C25H39NO7. The van der Waals surface area contributed by atoms with Crippen LogP contribution in [0.5, 0.6) is 5.75 Å². The average Bonchev–Trinajstić information content (AvgIpc) is 2.77. The number of rotatable bonds is 12. The van der Waals surface area contributed by atoms with Crippen molar-refractivity contribution in [3.63, 3.8) is 0 Å². The summed E-state index contributed by atoms with van der Waals surface area (Å²) in [5.74, 6) is 0.763. The van der Waals surface area contributed by atoms with E-state index in [2.05, 4.69) is 5.32 Å². The lowest BCUT2D eigenvalue weighted by atomic mass is 9.79. The van der Waals surface area contributed by atoms with E-state index in [1.807, 2.05) is 51.1 Å². The van der Waals surface area contributed by atoms with Crippen LogP contribution < -0.4 is 10.1 Å². The van der Waals surface area contributed by atoms with Crippen molar-refractivity contribution in [2.75, 3.05) is 34.2 Å². The smallest absolute Gasteiger partial charge is 0.407 e. The molecule has 0 radical (unpaired) electrons. The summed E-state index contributed by atoms with van der Waals surface area (Å²) in [6, 6.07) is 7.60. The zero-order valence-corrected chi connectivity index (χ0v) is 20.5. The van der Waals surface area contributed by atoms with Crippen LogP contribution in [0.25, 0.3) is 0 Å². The fourth-order valence-electron chi connectivity index (χ4n) is 3.89. The van der Waals surface area contributed by atoms with E-state index >= 15 is 0 Å². The number of hydrogen-bond acceptors (Lipinski definition) is 7. The van der Waals surface area contributed by atoms with Gasteiger partial charge in [-0.3, -0.25) is 0 Å². The summed E-state index contributed by atoms with van der Waals surface area (Å²) in [7, 11) is 3.20. The Kier molecular flexibility index (Phi) is 11.1. The van der Waals surface area contributed by atoms with Crippen molar-refractivity contribution >= 4 is 6.09 Å². The van der Waals surface area contributed by atoms with Crippen LogP contribution in [0.1, 0.15) is 45.6 Å². The third-order valence-corrected chi connectivity index (χ3v) is 5.41. The van der Waals surface area contributed by atoms with E-state index in [0.717, 1.165) is 29.7 Å². The zero-order valence-electron chi connectivity index (χ0n) is 20.5. The monoisotopic (exact) mass is 465 g/mol. The molecule has 8 nitrogen and oxygen atoms in total. The van der Waals surface area contributed by atoms with Crippen molar-refractivity contribution in [1.29, 1.82) is 0 Å². The van der Waals surface area contributed by atoms with Crippen LogP contribution in [0, 0.1) is 5.92 Å². The lowest BCUT2D eigenvalue weighted by Gasteiger charge is -2.38. The van der Waals surface area contributed by atoms with Crippen molar-refractivity contribution < 1.29 is 33.6 Å². The third-order valence-electron chi connectivity index (χ3n) is 5.41. The maximum absolute atomic E-state index is 12.4. The van der Waals surface area contributed by atoms with Gasteiger partial charge in [0.25, 0.3) is 0 Å². The number of nitrogens with one attached hydrogen (secondary N) is 1. The van der Waals surface area contributed by atoms with E-state index in [9.17, 15) is 9.90 Å². The molecule has 0 aromatic heterocycles. The minimum Gasteiger partial charge on any atom is -0.497 e. The maximum Gasteiger partial charge on any atom is 0.407 e. The van der Waals surface area contributed by atoms with Crippen molar-refractivity contribution in [1.82, 2.24) is 5.32 Å². The van der Waals surface area contributed by atoms with E-state index in [0.29, 0.717) is 19.6 Å². The topological polar surface area (TPSA) is 95.5 Å². The number of aliphatic hydroxyl groups excluding tert-OH is 1. The van der Waals surface area contributed by atoms with Crippen LogP contribution in [0.4, 0.5) is 4.79 Å². The highest BCUT2D eigenvalue weighted by Gasteiger charge is 2.36. The summed E-state index contributed by atoms with van der Waals surface area (Å²) in [6.07, 6.45) is 3.23. The van der Waals surface area contributed by atoms with Gasteiger partial charge in [-0.25, -0.2) is 4.79 Å². The first-order chi connectivity index (χ1) is 15.8. The number of carbonyl (C=O) groups excluding carboxylic acids is 1. The SMILES string of the molecule is COCO[C@H]1C(CO)=CC[C@@H](NC(=O)OC(C)(C)C)[C@@H]1CCCOCc1ccc(OC)cc1. The van der Waals surface area contributed by atoms with Gasteiger partial charge in [0.1, 0.15) is 18.1 Å². The molecule has 2 N–H and O–H groups in total. The van der Waals surface area contributed by atoms with E-state index in [1.54, 1.807) is 14.2 Å². The van der Waals surface area contributed by atoms with Gasteiger partial charge in [-0.1, -0.05) is 18.2 Å². The molecule has 1 aliphatic rings. The fourth-order valence-corrected chi connectivity index (χ4v) is 3.89.